The number of carbonyl (C=O) groups excluding carboxylic acids is 2. The first kappa shape index (κ1) is 30.1. The van der Waals surface area contributed by atoms with Crippen LogP contribution >= 0.6 is 0 Å². The maximum absolute atomic E-state index is 15.4. The van der Waals surface area contributed by atoms with Crippen molar-refractivity contribution in [3.8, 4) is 11.4 Å². The highest BCUT2D eigenvalue weighted by Crippen LogP contribution is 2.29. The number of anilines is 2. The van der Waals surface area contributed by atoms with E-state index < -0.39 is 29.1 Å². The van der Waals surface area contributed by atoms with E-state index in [-0.39, 0.29) is 23.1 Å². The smallest absolute Gasteiger partial charge is 0.412 e. The Morgan fingerprint density at radius 1 is 1.20 bits per heavy atom. The van der Waals surface area contributed by atoms with E-state index in [4.69, 9.17) is 9.47 Å². The van der Waals surface area contributed by atoms with Gasteiger partial charge in [0.15, 0.2) is 0 Å². The number of hydrogen-bond donors (Lipinski definition) is 2. The first-order valence-corrected chi connectivity index (χ1v) is 12.9. The average molecular weight is 554 g/mol. The van der Waals surface area contributed by atoms with E-state index in [9.17, 15) is 14.4 Å². The molecular formula is C29H36FN5O5. The van der Waals surface area contributed by atoms with Crippen molar-refractivity contribution < 1.29 is 23.5 Å². The molecule has 1 aromatic heterocycles. The number of amides is 2. The van der Waals surface area contributed by atoms with Crippen molar-refractivity contribution in [2.75, 3.05) is 10.6 Å². The number of benzene rings is 2. The van der Waals surface area contributed by atoms with Crippen LogP contribution < -0.4 is 21.1 Å². The fraction of sp³-hybridized carbons (Fsp3) is 0.379. The van der Waals surface area contributed by atoms with Gasteiger partial charge in [-0.15, -0.1) is 11.7 Å². The molecule has 0 aliphatic carbocycles. The molecule has 40 heavy (non-hydrogen) atoms. The highest BCUT2D eigenvalue weighted by molar-refractivity contribution is 6.07. The van der Waals surface area contributed by atoms with Gasteiger partial charge in [-0.05, 0) is 64.4 Å². The van der Waals surface area contributed by atoms with Crippen LogP contribution in [-0.2, 0) is 18.2 Å². The molecule has 0 aliphatic heterocycles. The lowest BCUT2D eigenvalue weighted by atomic mass is 10.1. The zero-order valence-corrected chi connectivity index (χ0v) is 23.9. The van der Waals surface area contributed by atoms with Gasteiger partial charge >= 0.3 is 11.8 Å². The number of nitrogens with one attached hydrogen (secondary N) is 2. The van der Waals surface area contributed by atoms with Crippen LogP contribution in [0, 0.1) is 12.7 Å². The van der Waals surface area contributed by atoms with Crippen LogP contribution in [0.3, 0.4) is 0 Å². The molecule has 11 heteroatoms. The molecular weight excluding hydrogens is 517 g/mol. The normalized spacial score (nSPS) is 12.0. The molecule has 1 unspecified atom stereocenters. The third-order valence-corrected chi connectivity index (χ3v) is 5.86. The summed E-state index contributed by atoms with van der Waals surface area (Å²) in [5, 5.41) is 9.66. The summed E-state index contributed by atoms with van der Waals surface area (Å²) in [4.78, 5) is 38.2. The van der Waals surface area contributed by atoms with Crippen LogP contribution in [0.5, 0.6) is 5.75 Å². The molecule has 2 amide bonds. The summed E-state index contributed by atoms with van der Waals surface area (Å²) in [5.41, 5.74) is 0.210. The molecule has 0 bridgehead atoms. The summed E-state index contributed by atoms with van der Waals surface area (Å²) in [6.07, 6.45) is 1.64. The van der Waals surface area contributed by atoms with E-state index in [1.807, 2.05) is 6.92 Å². The molecule has 2 N–H and O–H groups in total. The topological polar surface area (TPSA) is 116 Å². The first-order chi connectivity index (χ1) is 18.7. The summed E-state index contributed by atoms with van der Waals surface area (Å²) >= 11 is 0. The van der Waals surface area contributed by atoms with Gasteiger partial charge in [-0.1, -0.05) is 13.0 Å². The maximum atomic E-state index is 15.4. The standard InChI is InChI=1S/C29H36FN5O5/c1-9-11-18(4)39-24-16-23(35-28(38)34(8)25(10-2)33-35)21(30)15-20(24)26(36)32-22-13-12-19(14-17(22)3)31-27(37)40-29(5,6)7/h9,12-16,18H,1,10-11H2,2-8H3,(H,31,37)(H,32,36). The molecule has 3 rings (SSSR count). The minimum atomic E-state index is -0.814. The fourth-order valence-electron chi connectivity index (χ4n) is 3.91. The van der Waals surface area contributed by atoms with Crippen molar-refractivity contribution in [3.63, 3.8) is 0 Å². The van der Waals surface area contributed by atoms with Gasteiger partial charge in [0.25, 0.3) is 5.91 Å². The number of aryl methyl sites for hydroxylation is 2. The monoisotopic (exact) mass is 553 g/mol. The highest BCUT2D eigenvalue weighted by Gasteiger charge is 2.23. The lowest BCUT2D eigenvalue weighted by molar-refractivity contribution is 0.0635. The average Bonchev–Trinajstić information content (AvgIpc) is 3.14. The van der Waals surface area contributed by atoms with Crippen LogP contribution in [0.1, 0.15) is 62.8 Å². The van der Waals surface area contributed by atoms with Gasteiger partial charge < -0.3 is 14.8 Å². The lowest BCUT2D eigenvalue weighted by Gasteiger charge is -2.20. The number of rotatable bonds is 9. The zero-order valence-electron chi connectivity index (χ0n) is 23.9. The van der Waals surface area contributed by atoms with Crippen LogP contribution in [0.25, 0.3) is 5.69 Å². The molecule has 10 nitrogen and oxygen atoms in total. The molecule has 0 radical (unpaired) electrons. The summed E-state index contributed by atoms with van der Waals surface area (Å²) in [6.45, 7) is 14.4. The maximum Gasteiger partial charge on any atom is 0.412 e. The molecule has 2 aromatic carbocycles. The molecule has 0 spiro atoms. The number of hydrogen-bond acceptors (Lipinski definition) is 6. The molecule has 0 fully saturated rings. The first-order valence-electron chi connectivity index (χ1n) is 12.9. The second kappa shape index (κ2) is 12.2. The lowest BCUT2D eigenvalue weighted by Crippen LogP contribution is -2.27. The minimum Gasteiger partial charge on any atom is -0.489 e. The van der Waals surface area contributed by atoms with Gasteiger partial charge in [-0.2, -0.15) is 4.68 Å². The number of halogens is 1. The summed E-state index contributed by atoms with van der Waals surface area (Å²) < 4.78 is 28.9. The van der Waals surface area contributed by atoms with Gasteiger partial charge in [0.05, 0.1) is 11.7 Å². The number of ether oxygens (including phenoxy) is 2. The second-order valence-electron chi connectivity index (χ2n) is 10.4. The van der Waals surface area contributed by atoms with E-state index in [0.29, 0.717) is 35.6 Å². The number of aromatic nitrogens is 3. The van der Waals surface area contributed by atoms with E-state index in [0.717, 1.165) is 10.7 Å². The van der Waals surface area contributed by atoms with Crippen LogP contribution in [0.2, 0.25) is 0 Å². The predicted octanol–water partition coefficient (Wildman–Crippen LogP) is 5.52. The Morgan fingerprint density at radius 2 is 1.90 bits per heavy atom. The van der Waals surface area contributed by atoms with Crippen molar-refractivity contribution in [3.05, 3.63) is 76.2 Å². The molecule has 0 saturated heterocycles. The van der Waals surface area contributed by atoms with Gasteiger partial charge in [-0.25, -0.2) is 14.0 Å². The third-order valence-electron chi connectivity index (χ3n) is 5.86. The molecule has 3 aromatic rings. The number of nitrogens with zero attached hydrogens (tertiary/aromatic N) is 3. The Labute approximate surface area is 232 Å². The summed E-state index contributed by atoms with van der Waals surface area (Å²) in [5.74, 6) is -0.872. The van der Waals surface area contributed by atoms with Crippen molar-refractivity contribution in [1.82, 2.24) is 14.3 Å². The van der Waals surface area contributed by atoms with E-state index in [1.165, 1.54) is 10.6 Å². The quantitative estimate of drug-likeness (QED) is 0.337. The minimum absolute atomic E-state index is 0.0628. The van der Waals surface area contributed by atoms with E-state index >= 15 is 4.39 Å². The summed E-state index contributed by atoms with van der Waals surface area (Å²) in [6, 6.07) is 7.23. The van der Waals surface area contributed by atoms with Crippen molar-refractivity contribution in [2.45, 2.75) is 66.1 Å². The Hall–Kier alpha value is -4.41. The third kappa shape index (κ3) is 7.16. The molecule has 1 heterocycles. The molecule has 0 aliphatic rings. The fourth-order valence-corrected chi connectivity index (χ4v) is 3.91. The van der Waals surface area contributed by atoms with E-state index in [1.54, 1.807) is 65.9 Å². The van der Waals surface area contributed by atoms with Gasteiger partial charge in [0.1, 0.15) is 28.7 Å². The van der Waals surface area contributed by atoms with Crippen LogP contribution in [0.15, 0.2) is 47.8 Å². The van der Waals surface area contributed by atoms with Crippen molar-refractivity contribution >= 4 is 23.4 Å². The highest BCUT2D eigenvalue weighted by atomic mass is 19.1. The Bertz CT molecular complexity index is 1490. The Balaban J connectivity index is 1.95. The Morgan fingerprint density at radius 3 is 2.48 bits per heavy atom. The van der Waals surface area contributed by atoms with Gasteiger partial charge in [-0.3, -0.25) is 14.7 Å². The second-order valence-corrected chi connectivity index (χ2v) is 10.4. The number of carbonyl (C=O) groups is 2. The largest absolute Gasteiger partial charge is 0.489 e. The summed E-state index contributed by atoms with van der Waals surface area (Å²) in [7, 11) is 1.56. The predicted molar refractivity (Wildman–Crippen MR) is 152 cm³/mol. The van der Waals surface area contributed by atoms with Crippen molar-refractivity contribution in [1.29, 1.82) is 0 Å². The van der Waals surface area contributed by atoms with Gasteiger partial charge in [0, 0.05) is 37.3 Å². The molecule has 1 atom stereocenters. The van der Waals surface area contributed by atoms with Crippen molar-refractivity contribution in [2.24, 2.45) is 7.05 Å². The molecule has 0 saturated carbocycles. The Kier molecular flexibility index (Phi) is 9.18. The zero-order chi connectivity index (χ0) is 29.8. The van der Waals surface area contributed by atoms with E-state index in [2.05, 4.69) is 22.3 Å². The van der Waals surface area contributed by atoms with Crippen LogP contribution in [0.4, 0.5) is 20.6 Å². The van der Waals surface area contributed by atoms with Crippen LogP contribution in [-0.4, -0.2) is 38.1 Å². The SMILES string of the molecule is C=CCC(C)Oc1cc(-n2nc(CC)n(C)c2=O)c(F)cc1C(=O)Nc1ccc(NC(=O)OC(C)(C)C)cc1C. The van der Waals surface area contributed by atoms with Gasteiger partial charge in [0.2, 0.25) is 0 Å². The molecule has 214 valence electrons.